The Morgan fingerprint density at radius 3 is 2.48 bits per heavy atom. The van der Waals surface area contributed by atoms with Crippen LogP contribution >= 0.6 is 0 Å². The molecule has 0 fully saturated rings. The van der Waals surface area contributed by atoms with Crippen LogP contribution in [0.3, 0.4) is 0 Å². The quantitative estimate of drug-likeness (QED) is 0.887. The second-order valence-corrected chi connectivity index (χ2v) is 6.86. The van der Waals surface area contributed by atoms with E-state index in [1.165, 1.54) is 5.56 Å². The van der Waals surface area contributed by atoms with Crippen LogP contribution in [0, 0.1) is 6.92 Å². The molecule has 0 aliphatic heterocycles. The van der Waals surface area contributed by atoms with Gasteiger partial charge < -0.3 is 9.73 Å². The van der Waals surface area contributed by atoms with Gasteiger partial charge in [-0.1, -0.05) is 51.1 Å². The first-order valence-corrected chi connectivity index (χ1v) is 8.13. The Kier molecular flexibility index (Phi) is 5.59. The molecule has 0 aliphatic carbocycles. The summed E-state index contributed by atoms with van der Waals surface area (Å²) in [5.74, 6) is 1.59. The van der Waals surface area contributed by atoms with Crippen molar-refractivity contribution in [2.45, 2.75) is 52.4 Å². The number of aromatic nitrogens is 1. The molecule has 124 valence electrons. The Morgan fingerprint density at radius 2 is 1.87 bits per heavy atom. The van der Waals surface area contributed by atoms with Gasteiger partial charge in [-0.15, -0.1) is 0 Å². The molecule has 0 saturated carbocycles. The molecule has 0 spiro atoms. The van der Waals surface area contributed by atoms with E-state index in [-0.39, 0.29) is 11.3 Å². The van der Waals surface area contributed by atoms with Crippen molar-refractivity contribution in [3.63, 3.8) is 0 Å². The summed E-state index contributed by atoms with van der Waals surface area (Å²) in [4.78, 5) is 16.4. The SMILES string of the molecule is Cc1nc(C(C)(C)C)oc1CCC(=O)NCCc1ccccc1. The van der Waals surface area contributed by atoms with Crippen LogP contribution in [0.25, 0.3) is 0 Å². The minimum absolute atomic E-state index is 0.0500. The van der Waals surface area contributed by atoms with Gasteiger partial charge in [0.15, 0.2) is 5.89 Å². The van der Waals surface area contributed by atoms with Crippen LogP contribution < -0.4 is 5.32 Å². The van der Waals surface area contributed by atoms with Crippen LogP contribution in [0.2, 0.25) is 0 Å². The summed E-state index contributed by atoms with van der Waals surface area (Å²) < 4.78 is 5.81. The van der Waals surface area contributed by atoms with E-state index in [9.17, 15) is 4.79 Å². The number of aryl methyl sites for hydroxylation is 2. The number of benzene rings is 1. The number of nitrogens with one attached hydrogen (secondary N) is 1. The fraction of sp³-hybridized carbons (Fsp3) is 0.474. The van der Waals surface area contributed by atoms with Gasteiger partial charge in [0.05, 0.1) is 5.69 Å². The molecule has 4 nitrogen and oxygen atoms in total. The van der Waals surface area contributed by atoms with Crippen molar-refractivity contribution in [2.75, 3.05) is 6.54 Å². The van der Waals surface area contributed by atoms with Gasteiger partial charge in [0.25, 0.3) is 0 Å². The molecular formula is C19H26N2O2. The van der Waals surface area contributed by atoms with Crippen LogP contribution in [0.5, 0.6) is 0 Å². The fourth-order valence-corrected chi connectivity index (χ4v) is 2.29. The molecule has 1 heterocycles. The van der Waals surface area contributed by atoms with Gasteiger partial charge in [0.2, 0.25) is 5.91 Å². The number of rotatable bonds is 6. The van der Waals surface area contributed by atoms with Crippen LogP contribution in [0.15, 0.2) is 34.7 Å². The molecule has 23 heavy (non-hydrogen) atoms. The number of hydrogen-bond donors (Lipinski definition) is 1. The maximum Gasteiger partial charge on any atom is 0.220 e. The van der Waals surface area contributed by atoms with Crippen molar-refractivity contribution < 1.29 is 9.21 Å². The molecule has 0 atom stereocenters. The summed E-state index contributed by atoms with van der Waals surface area (Å²) >= 11 is 0. The molecule has 0 aliphatic rings. The van der Waals surface area contributed by atoms with E-state index in [0.29, 0.717) is 19.4 Å². The zero-order chi connectivity index (χ0) is 16.9. The second-order valence-electron chi connectivity index (χ2n) is 6.86. The lowest BCUT2D eigenvalue weighted by Gasteiger charge is -2.12. The fourth-order valence-electron chi connectivity index (χ4n) is 2.29. The number of carbonyl (C=O) groups excluding carboxylic acids is 1. The van der Waals surface area contributed by atoms with Crippen LogP contribution in [-0.4, -0.2) is 17.4 Å². The van der Waals surface area contributed by atoms with Crippen molar-refractivity contribution in [3.05, 3.63) is 53.2 Å². The van der Waals surface area contributed by atoms with E-state index in [4.69, 9.17) is 4.42 Å². The number of oxazole rings is 1. The molecule has 1 aromatic carbocycles. The normalized spacial score (nSPS) is 11.5. The van der Waals surface area contributed by atoms with Crippen molar-refractivity contribution >= 4 is 5.91 Å². The van der Waals surface area contributed by atoms with Crippen molar-refractivity contribution in [3.8, 4) is 0 Å². The second kappa shape index (κ2) is 7.44. The van der Waals surface area contributed by atoms with Crippen molar-refractivity contribution in [1.82, 2.24) is 10.3 Å². The number of hydrogen-bond acceptors (Lipinski definition) is 3. The van der Waals surface area contributed by atoms with Gasteiger partial charge in [0, 0.05) is 24.8 Å². The standard InChI is InChI=1S/C19H26N2O2/c1-14-16(23-18(21-14)19(2,3)4)10-11-17(22)20-13-12-15-8-6-5-7-9-15/h5-9H,10-13H2,1-4H3,(H,20,22). The van der Waals surface area contributed by atoms with Gasteiger partial charge in [-0.25, -0.2) is 4.98 Å². The molecule has 4 heteroatoms. The number of carbonyl (C=O) groups is 1. The Balaban J connectivity index is 1.77. The lowest BCUT2D eigenvalue weighted by molar-refractivity contribution is -0.121. The Bertz CT molecular complexity index is 639. The molecule has 2 rings (SSSR count). The van der Waals surface area contributed by atoms with Crippen molar-refractivity contribution in [2.24, 2.45) is 0 Å². The van der Waals surface area contributed by atoms with Gasteiger partial charge in [0.1, 0.15) is 5.76 Å². The third kappa shape index (κ3) is 5.23. The van der Waals surface area contributed by atoms with E-state index in [2.05, 4.69) is 43.2 Å². The van der Waals surface area contributed by atoms with E-state index < -0.39 is 0 Å². The highest BCUT2D eigenvalue weighted by molar-refractivity contribution is 5.76. The molecule has 1 aromatic heterocycles. The predicted octanol–water partition coefficient (Wildman–Crippen LogP) is 3.57. The number of amides is 1. The highest BCUT2D eigenvalue weighted by Gasteiger charge is 2.22. The lowest BCUT2D eigenvalue weighted by atomic mass is 9.97. The summed E-state index contributed by atoms with van der Waals surface area (Å²) in [6, 6.07) is 10.1. The molecular weight excluding hydrogens is 288 g/mol. The van der Waals surface area contributed by atoms with Crippen molar-refractivity contribution in [1.29, 1.82) is 0 Å². The average Bonchev–Trinajstić information content (AvgIpc) is 2.88. The maximum absolute atomic E-state index is 11.9. The summed E-state index contributed by atoms with van der Waals surface area (Å²) in [5.41, 5.74) is 2.00. The van der Waals surface area contributed by atoms with E-state index in [1.54, 1.807) is 0 Å². The monoisotopic (exact) mass is 314 g/mol. The molecule has 0 saturated heterocycles. The Hall–Kier alpha value is -2.10. The zero-order valence-electron chi connectivity index (χ0n) is 14.5. The first kappa shape index (κ1) is 17.3. The number of nitrogens with zero attached hydrogens (tertiary/aromatic N) is 1. The van der Waals surface area contributed by atoms with Gasteiger partial charge in [-0.3, -0.25) is 4.79 Å². The minimum atomic E-state index is -0.110. The molecule has 2 aromatic rings. The topological polar surface area (TPSA) is 55.1 Å². The van der Waals surface area contributed by atoms with Gasteiger partial charge in [-0.2, -0.15) is 0 Å². The highest BCUT2D eigenvalue weighted by atomic mass is 16.4. The third-order valence-electron chi connectivity index (χ3n) is 3.69. The summed E-state index contributed by atoms with van der Waals surface area (Å²) in [7, 11) is 0. The smallest absolute Gasteiger partial charge is 0.220 e. The molecule has 0 unspecified atom stereocenters. The third-order valence-corrected chi connectivity index (χ3v) is 3.69. The van der Waals surface area contributed by atoms with Crippen LogP contribution in [0.1, 0.15) is 50.1 Å². The van der Waals surface area contributed by atoms with E-state index >= 15 is 0 Å². The predicted molar refractivity (Wildman–Crippen MR) is 91.4 cm³/mol. The Morgan fingerprint density at radius 1 is 1.17 bits per heavy atom. The van der Waals surface area contributed by atoms with Gasteiger partial charge >= 0.3 is 0 Å². The molecule has 0 radical (unpaired) electrons. The average molecular weight is 314 g/mol. The Labute approximate surface area is 138 Å². The molecule has 0 bridgehead atoms. The lowest BCUT2D eigenvalue weighted by Crippen LogP contribution is -2.25. The first-order valence-electron chi connectivity index (χ1n) is 8.13. The summed E-state index contributed by atoms with van der Waals surface area (Å²) in [6.45, 7) is 8.79. The maximum atomic E-state index is 11.9. The largest absolute Gasteiger partial charge is 0.445 e. The van der Waals surface area contributed by atoms with Crippen LogP contribution in [-0.2, 0) is 23.1 Å². The molecule has 1 N–H and O–H groups in total. The zero-order valence-corrected chi connectivity index (χ0v) is 14.5. The van der Waals surface area contributed by atoms with E-state index in [0.717, 1.165) is 23.8 Å². The van der Waals surface area contributed by atoms with Gasteiger partial charge in [-0.05, 0) is 18.9 Å². The summed E-state index contributed by atoms with van der Waals surface area (Å²) in [6.07, 6.45) is 1.86. The summed E-state index contributed by atoms with van der Waals surface area (Å²) in [5, 5.41) is 2.96. The van der Waals surface area contributed by atoms with Crippen LogP contribution in [0.4, 0.5) is 0 Å². The van der Waals surface area contributed by atoms with E-state index in [1.807, 2.05) is 25.1 Å². The first-order chi connectivity index (χ1) is 10.9. The molecule has 1 amide bonds. The highest BCUT2D eigenvalue weighted by Crippen LogP contribution is 2.24. The minimum Gasteiger partial charge on any atom is -0.445 e.